The van der Waals surface area contributed by atoms with Crippen LogP contribution in [-0.4, -0.2) is 52.7 Å². The zero-order chi connectivity index (χ0) is 27.1. The van der Waals surface area contributed by atoms with Gasteiger partial charge in [0.1, 0.15) is 11.5 Å². The number of aliphatic hydroxyl groups is 1. The predicted octanol–water partition coefficient (Wildman–Crippen LogP) is 4.97. The van der Waals surface area contributed by atoms with Crippen molar-refractivity contribution >= 4 is 16.1 Å². The van der Waals surface area contributed by atoms with Gasteiger partial charge in [0.2, 0.25) is 10.0 Å². The molecule has 37 heavy (non-hydrogen) atoms. The van der Waals surface area contributed by atoms with E-state index in [4.69, 9.17) is 0 Å². The Labute approximate surface area is 217 Å². The van der Waals surface area contributed by atoms with Gasteiger partial charge >= 0.3 is 6.09 Å². The summed E-state index contributed by atoms with van der Waals surface area (Å²) in [5.74, 6) is -0.732. The highest BCUT2D eigenvalue weighted by atomic mass is 32.2. The molecule has 0 saturated heterocycles. The van der Waals surface area contributed by atoms with E-state index in [0.29, 0.717) is 5.56 Å². The highest BCUT2D eigenvalue weighted by Gasteiger charge is 2.43. The second kappa shape index (κ2) is 12.3. The second-order valence-electron chi connectivity index (χ2n) is 9.47. The molecule has 1 unspecified atom stereocenters. The fourth-order valence-corrected chi connectivity index (χ4v) is 5.97. The lowest BCUT2D eigenvalue weighted by molar-refractivity contribution is -0.0752. The van der Waals surface area contributed by atoms with Crippen LogP contribution in [0.1, 0.15) is 31.4 Å². The molecule has 0 aliphatic rings. The normalized spacial score (nSPS) is 13.5. The first-order valence-corrected chi connectivity index (χ1v) is 13.5. The van der Waals surface area contributed by atoms with Crippen molar-refractivity contribution in [2.24, 2.45) is 5.92 Å². The third-order valence-electron chi connectivity index (χ3n) is 6.00. The number of halogens is 1. The van der Waals surface area contributed by atoms with Gasteiger partial charge in [-0.15, -0.1) is 0 Å². The Bertz CT molecular complexity index is 1250. The number of nitrogens with zero attached hydrogens (tertiary/aromatic N) is 2. The van der Waals surface area contributed by atoms with Crippen LogP contribution in [0.5, 0.6) is 0 Å². The minimum atomic E-state index is -4.27. The fourth-order valence-electron chi connectivity index (χ4n) is 4.14. The molecule has 198 valence electrons. The van der Waals surface area contributed by atoms with Crippen molar-refractivity contribution in [3.63, 3.8) is 0 Å². The van der Waals surface area contributed by atoms with Gasteiger partial charge in [-0.05, 0) is 41.3 Å². The summed E-state index contributed by atoms with van der Waals surface area (Å²) in [6.45, 7) is 3.62. The summed E-state index contributed by atoms with van der Waals surface area (Å²) < 4.78 is 42.2. The fraction of sp³-hybridized carbons (Fsp3) is 0.321. The number of benzene rings is 3. The molecule has 1 amide bonds. The monoisotopic (exact) mass is 528 g/mol. The number of hydrogen-bond acceptors (Lipinski definition) is 4. The molecule has 9 heteroatoms. The lowest BCUT2D eigenvalue weighted by atomic mass is 9.98. The molecular weight excluding hydrogens is 495 g/mol. The number of amides is 1. The van der Waals surface area contributed by atoms with E-state index < -0.39 is 27.7 Å². The van der Waals surface area contributed by atoms with Crippen molar-refractivity contribution in [2.45, 2.75) is 43.9 Å². The summed E-state index contributed by atoms with van der Waals surface area (Å²) in [6.07, 6.45) is -1.41. The van der Waals surface area contributed by atoms with E-state index >= 15 is 0 Å². The number of sulfonamides is 1. The van der Waals surface area contributed by atoms with Gasteiger partial charge in [-0.25, -0.2) is 17.6 Å². The van der Waals surface area contributed by atoms with E-state index in [9.17, 15) is 27.8 Å². The van der Waals surface area contributed by atoms with Gasteiger partial charge in [0.05, 0.1) is 4.90 Å². The molecule has 0 saturated carbocycles. The average molecular weight is 529 g/mol. The lowest BCUT2D eigenvalue weighted by Gasteiger charge is -2.41. The van der Waals surface area contributed by atoms with Crippen LogP contribution < -0.4 is 0 Å². The van der Waals surface area contributed by atoms with E-state index in [2.05, 4.69) is 0 Å². The van der Waals surface area contributed by atoms with Crippen molar-refractivity contribution in [3.05, 3.63) is 102 Å². The second-order valence-corrected chi connectivity index (χ2v) is 11.3. The largest absolute Gasteiger partial charge is 0.465 e. The van der Waals surface area contributed by atoms with Crippen molar-refractivity contribution < 1.29 is 27.8 Å². The molecule has 0 radical (unpaired) electrons. The third-order valence-corrected chi connectivity index (χ3v) is 7.93. The maximum atomic E-state index is 13.8. The number of rotatable bonds is 12. The molecule has 0 spiro atoms. The summed E-state index contributed by atoms with van der Waals surface area (Å²) in [5.41, 5.74) is -0.490. The number of carboxylic acid groups (broad SMARTS) is 1. The lowest BCUT2D eigenvalue weighted by Crippen LogP contribution is -2.56. The maximum absolute atomic E-state index is 13.8. The van der Waals surface area contributed by atoms with Crippen LogP contribution in [0.25, 0.3) is 0 Å². The Morgan fingerprint density at radius 3 is 1.97 bits per heavy atom. The van der Waals surface area contributed by atoms with Crippen LogP contribution in [0, 0.1) is 11.7 Å². The van der Waals surface area contributed by atoms with E-state index in [1.54, 1.807) is 48.5 Å². The van der Waals surface area contributed by atoms with Crippen molar-refractivity contribution in [1.82, 2.24) is 9.21 Å². The molecule has 0 aliphatic carbocycles. The Hall–Kier alpha value is -3.27. The zero-order valence-electron chi connectivity index (χ0n) is 21.0. The Morgan fingerprint density at radius 2 is 1.46 bits per heavy atom. The highest BCUT2D eigenvalue weighted by Crippen LogP contribution is 2.31. The molecule has 7 nitrogen and oxygen atoms in total. The first-order valence-electron chi connectivity index (χ1n) is 12.1. The van der Waals surface area contributed by atoms with E-state index in [0.717, 1.165) is 26.9 Å². The summed E-state index contributed by atoms with van der Waals surface area (Å²) in [7, 11) is -4.27. The SMILES string of the molecule is CC(C)CN(C(O)(CCN(Cc1ccccc1)C(=O)O)Cc1ccccc1)S(=O)(=O)c1ccc(F)cc1. The Morgan fingerprint density at radius 1 is 0.919 bits per heavy atom. The van der Waals surface area contributed by atoms with Crippen LogP contribution in [0.2, 0.25) is 0 Å². The van der Waals surface area contributed by atoms with Crippen LogP contribution >= 0.6 is 0 Å². The van der Waals surface area contributed by atoms with Crippen LogP contribution in [0.4, 0.5) is 9.18 Å². The van der Waals surface area contributed by atoms with Crippen LogP contribution in [0.3, 0.4) is 0 Å². The molecule has 0 aliphatic heterocycles. The number of carbonyl (C=O) groups is 1. The summed E-state index contributed by atoms with van der Waals surface area (Å²) in [4.78, 5) is 13.1. The molecule has 3 rings (SSSR count). The first kappa shape index (κ1) is 28.3. The minimum Gasteiger partial charge on any atom is -0.465 e. The van der Waals surface area contributed by atoms with E-state index in [1.165, 1.54) is 12.1 Å². The van der Waals surface area contributed by atoms with Gasteiger partial charge in [-0.1, -0.05) is 74.5 Å². The van der Waals surface area contributed by atoms with Crippen LogP contribution in [-0.2, 0) is 23.0 Å². The van der Waals surface area contributed by atoms with Gasteiger partial charge in [-0.3, -0.25) is 0 Å². The third kappa shape index (κ3) is 7.61. The van der Waals surface area contributed by atoms with Crippen LogP contribution in [0.15, 0.2) is 89.8 Å². The minimum absolute atomic E-state index is 0.0190. The molecule has 1 atom stereocenters. The van der Waals surface area contributed by atoms with Crippen molar-refractivity contribution in [1.29, 1.82) is 0 Å². The summed E-state index contributed by atoms with van der Waals surface area (Å²) in [5, 5.41) is 21.9. The predicted molar refractivity (Wildman–Crippen MR) is 140 cm³/mol. The maximum Gasteiger partial charge on any atom is 0.407 e. The standard InChI is InChI=1S/C28H33FN2O5S/c1-22(2)20-31(37(35,36)26-15-13-25(29)14-16-26)28(34,19-23-9-5-3-6-10-23)17-18-30(27(32)33)21-24-11-7-4-8-12-24/h3-16,22,34H,17-21H2,1-2H3,(H,32,33). The molecule has 0 heterocycles. The molecule has 3 aromatic carbocycles. The smallest absolute Gasteiger partial charge is 0.407 e. The molecule has 0 aromatic heterocycles. The quantitative estimate of drug-likeness (QED) is 0.323. The summed E-state index contributed by atoms with van der Waals surface area (Å²) >= 11 is 0. The average Bonchev–Trinajstić information content (AvgIpc) is 2.86. The van der Waals surface area contributed by atoms with E-state index in [-0.39, 0.29) is 43.3 Å². The van der Waals surface area contributed by atoms with Gasteiger partial charge in [0.15, 0.2) is 0 Å². The van der Waals surface area contributed by atoms with E-state index in [1.807, 2.05) is 26.0 Å². The van der Waals surface area contributed by atoms with Gasteiger partial charge in [0.25, 0.3) is 0 Å². The van der Waals surface area contributed by atoms with Gasteiger partial charge < -0.3 is 15.1 Å². The summed E-state index contributed by atoms with van der Waals surface area (Å²) in [6, 6.07) is 22.4. The van der Waals surface area contributed by atoms with Crippen molar-refractivity contribution in [2.75, 3.05) is 13.1 Å². The molecule has 0 fully saturated rings. The van der Waals surface area contributed by atoms with Gasteiger partial charge in [0, 0.05) is 32.5 Å². The van der Waals surface area contributed by atoms with Crippen molar-refractivity contribution in [3.8, 4) is 0 Å². The van der Waals surface area contributed by atoms with Gasteiger partial charge in [-0.2, -0.15) is 4.31 Å². The molecule has 2 N–H and O–H groups in total. The topological polar surface area (TPSA) is 98.2 Å². The molecular formula is C28H33FN2O5S. The highest BCUT2D eigenvalue weighted by molar-refractivity contribution is 7.89. The Kier molecular flexibility index (Phi) is 9.42. The first-order chi connectivity index (χ1) is 17.5. The number of hydrogen-bond donors (Lipinski definition) is 2. The Balaban J connectivity index is 2.01. The molecule has 3 aromatic rings. The molecule has 0 bridgehead atoms. The zero-order valence-corrected chi connectivity index (χ0v) is 21.8.